The first-order valence-corrected chi connectivity index (χ1v) is 8.40. The van der Waals surface area contributed by atoms with Gasteiger partial charge < -0.3 is 4.90 Å². The average Bonchev–Trinajstić information content (AvgIpc) is 3.08. The number of fused-ring (bicyclic) bond motifs is 1. The molecule has 24 heavy (non-hydrogen) atoms. The van der Waals surface area contributed by atoms with Crippen molar-refractivity contribution in [3.05, 3.63) is 52.2 Å². The van der Waals surface area contributed by atoms with Gasteiger partial charge in [-0.05, 0) is 6.92 Å². The Kier molecular flexibility index (Phi) is 3.68. The topological polar surface area (TPSA) is 54.8 Å². The maximum Gasteiger partial charge on any atom is 0.217 e. The second-order valence-corrected chi connectivity index (χ2v) is 6.27. The molecule has 0 aliphatic carbocycles. The molecule has 1 aliphatic rings. The number of hydrogen-bond acceptors (Lipinski definition) is 6. The fourth-order valence-corrected chi connectivity index (χ4v) is 3.45. The molecule has 5 nitrogen and oxygen atoms in total. The summed E-state index contributed by atoms with van der Waals surface area (Å²) in [6, 6.07) is 1.90. The number of pyridine rings is 1. The Labute approximate surface area is 141 Å². The van der Waals surface area contributed by atoms with Crippen LogP contribution in [0.25, 0.3) is 11.5 Å². The molecule has 0 amide bonds. The maximum atomic E-state index is 13.5. The second-order valence-electron chi connectivity index (χ2n) is 5.55. The minimum atomic E-state index is -0.821. The van der Waals surface area contributed by atoms with Crippen molar-refractivity contribution in [1.82, 2.24) is 19.9 Å². The molecular weight excluding hydrogens is 332 g/mol. The van der Waals surface area contributed by atoms with Crippen molar-refractivity contribution in [2.24, 2.45) is 0 Å². The molecule has 1 unspecified atom stereocenters. The minimum absolute atomic E-state index is 0.119. The van der Waals surface area contributed by atoms with Gasteiger partial charge in [-0.3, -0.25) is 0 Å². The van der Waals surface area contributed by atoms with Gasteiger partial charge in [0.15, 0.2) is 5.82 Å². The van der Waals surface area contributed by atoms with E-state index in [1.54, 1.807) is 11.7 Å². The Morgan fingerprint density at radius 2 is 2.08 bits per heavy atom. The number of thiazole rings is 1. The van der Waals surface area contributed by atoms with Crippen molar-refractivity contribution in [1.29, 1.82) is 0 Å². The zero-order valence-corrected chi connectivity index (χ0v) is 13.6. The molecule has 4 heterocycles. The molecule has 4 rings (SSSR count). The first-order valence-electron chi connectivity index (χ1n) is 7.46. The minimum Gasteiger partial charge on any atom is -0.349 e. The van der Waals surface area contributed by atoms with E-state index in [0.717, 1.165) is 23.0 Å². The van der Waals surface area contributed by atoms with Crippen LogP contribution in [-0.2, 0) is 6.42 Å². The molecule has 3 aromatic rings. The highest BCUT2D eigenvalue weighted by molar-refractivity contribution is 7.07. The van der Waals surface area contributed by atoms with Gasteiger partial charge in [0, 0.05) is 42.2 Å². The molecule has 3 aromatic heterocycles. The average molecular weight is 345 g/mol. The van der Waals surface area contributed by atoms with E-state index in [1.165, 1.54) is 17.4 Å². The lowest BCUT2D eigenvalue weighted by molar-refractivity contribution is 0.537. The zero-order chi connectivity index (χ0) is 16.7. The van der Waals surface area contributed by atoms with Gasteiger partial charge in [0.1, 0.15) is 17.3 Å². The largest absolute Gasteiger partial charge is 0.349 e. The van der Waals surface area contributed by atoms with E-state index in [2.05, 4.69) is 19.9 Å². The van der Waals surface area contributed by atoms with Crippen molar-refractivity contribution in [3.63, 3.8) is 0 Å². The zero-order valence-electron chi connectivity index (χ0n) is 12.8. The van der Waals surface area contributed by atoms with Gasteiger partial charge in [-0.25, -0.2) is 24.3 Å². The van der Waals surface area contributed by atoms with Gasteiger partial charge in [-0.2, -0.15) is 4.39 Å². The van der Waals surface area contributed by atoms with E-state index in [0.29, 0.717) is 18.8 Å². The number of anilines is 1. The summed E-state index contributed by atoms with van der Waals surface area (Å²) in [4.78, 5) is 18.9. The van der Waals surface area contributed by atoms with Crippen LogP contribution < -0.4 is 4.90 Å². The number of halogens is 2. The van der Waals surface area contributed by atoms with E-state index < -0.39 is 11.8 Å². The summed E-state index contributed by atoms with van der Waals surface area (Å²) in [6.07, 6.45) is 2.42. The van der Waals surface area contributed by atoms with E-state index in [9.17, 15) is 8.78 Å². The third-order valence-electron chi connectivity index (χ3n) is 4.11. The summed E-state index contributed by atoms with van der Waals surface area (Å²) in [6.45, 7) is 2.53. The lowest BCUT2D eigenvalue weighted by atomic mass is 9.99. The molecule has 1 aliphatic heterocycles. The van der Waals surface area contributed by atoms with Gasteiger partial charge in [0.25, 0.3) is 0 Å². The molecule has 0 aromatic carbocycles. The molecular formula is C16H13F2N5S. The van der Waals surface area contributed by atoms with Crippen molar-refractivity contribution in [2.75, 3.05) is 11.4 Å². The summed E-state index contributed by atoms with van der Waals surface area (Å²) in [5.74, 6) is -0.566. The summed E-state index contributed by atoms with van der Waals surface area (Å²) < 4.78 is 26.9. The third-order valence-corrected chi connectivity index (χ3v) is 4.69. The molecule has 122 valence electrons. The lowest BCUT2D eigenvalue weighted by Crippen LogP contribution is -2.35. The summed E-state index contributed by atoms with van der Waals surface area (Å²) in [5.41, 5.74) is 4.37. The van der Waals surface area contributed by atoms with Crippen LogP contribution in [0.4, 0.5) is 14.6 Å². The fraction of sp³-hybridized carbons (Fsp3) is 0.250. The van der Waals surface area contributed by atoms with Crippen LogP contribution in [-0.4, -0.2) is 26.5 Å². The fourth-order valence-electron chi connectivity index (χ4n) is 2.92. The van der Waals surface area contributed by atoms with Gasteiger partial charge in [0.05, 0.1) is 17.2 Å². The normalized spacial score (nSPS) is 17.0. The smallest absolute Gasteiger partial charge is 0.217 e. The van der Waals surface area contributed by atoms with Crippen LogP contribution >= 0.6 is 11.3 Å². The SMILES string of the molecule is CC1c2cnc(-c3cscn3)nc2CCN1c1cc(F)cc(F)n1. The van der Waals surface area contributed by atoms with E-state index in [4.69, 9.17) is 0 Å². The van der Waals surface area contributed by atoms with Crippen LogP contribution in [0.15, 0.2) is 29.2 Å². The van der Waals surface area contributed by atoms with Crippen LogP contribution in [0.1, 0.15) is 24.2 Å². The molecule has 0 N–H and O–H groups in total. The third kappa shape index (κ3) is 2.62. The monoisotopic (exact) mass is 345 g/mol. The number of rotatable bonds is 2. The Balaban J connectivity index is 1.69. The van der Waals surface area contributed by atoms with Crippen molar-refractivity contribution >= 4 is 17.2 Å². The van der Waals surface area contributed by atoms with Crippen LogP contribution in [0.5, 0.6) is 0 Å². The van der Waals surface area contributed by atoms with E-state index >= 15 is 0 Å². The summed E-state index contributed by atoms with van der Waals surface area (Å²) >= 11 is 1.49. The van der Waals surface area contributed by atoms with Gasteiger partial charge >= 0.3 is 0 Å². The van der Waals surface area contributed by atoms with Gasteiger partial charge in [0.2, 0.25) is 5.95 Å². The first kappa shape index (κ1) is 15.1. The Morgan fingerprint density at radius 1 is 1.21 bits per heavy atom. The first-order chi connectivity index (χ1) is 11.6. The van der Waals surface area contributed by atoms with Crippen LogP contribution in [0, 0.1) is 11.8 Å². The second kappa shape index (κ2) is 5.86. The maximum absolute atomic E-state index is 13.5. The highest BCUT2D eigenvalue weighted by atomic mass is 32.1. The molecule has 0 fully saturated rings. The van der Waals surface area contributed by atoms with Crippen molar-refractivity contribution in [2.45, 2.75) is 19.4 Å². The van der Waals surface area contributed by atoms with Crippen LogP contribution in [0.2, 0.25) is 0 Å². The number of hydrogen-bond donors (Lipinski definition) is 0. The molecule has 0 spiro atoms. The molecule has 8 heteroatoms. The van der Waals surface area contributed by atoms with Gasteiger partial charge in [-0.15, -0.1) is 11.3 Å². The van der Waals surface area contributed by atoms with E-state index in [1.807, 2.05) is 17.2 Å². The molecule has 0 radical (unpaired) electrons. The Morgan fingerprint density at radius 3 is 2.83 bits per heavy atom. The Bertz CT molecular complexity index is 864. The van der Waals surface area contributed by atoms with Crippen LogP contribution in [0.3, 0.4) is 0 Å². The Hall–Kier alpha value is -2.48. The highest BCUT2D eigenvalue weighted by Crippen LogP contribution is 2.32. The van der Waals surface area contributed by atoms with Gasteiger partial charge in [-0.1, -0.05) is 0 Å². The predicted octanol–water partition coefficient (Wildman–Crippen LogP) is 3.40. The highest BCUT2D eigenvalue weighted by Gasteiger charge is 2.27. The van der Waals surface area contributed by atoms with E-state index in [-0.39, 0.29) is 11.9 Å². The lowest BCUT2D eigenvalue weighted by Gasteiger charge is -2.35. The quantitative estimate of drug-likeness (QED) is 0.666. The summed E-state index contributed by atoms with van der Waals surface area (Å²) in [7, 11) is 0. The van der Waals surface area contributed by atoms with Crippen molar-refractivity contribution < 1.29 is 8.78 Å². The van der Waals surface area contributed by atoms with Crippen molar-refractivity contribution in [3.8, 4) is 11.5 Å². The standard InChI is InChI=1S/C16H13F2N5S/c1-9-11-6-19-16(13-7-24-8-20-13)21-12(11)2-3-23(9)15-5-10(17)4-14(18)22-15/h4-9H,2-3H2,1H3. The predicted molar refractivity (Wildman–Crippen MR) is 86.8 cm³/mol. The molecule has 0 saturated heterocycles. The number of aromatic nitrogens is 4. The summed E-state index contributed by atoms with van der Waals surface area (Å²) in [5, 5.41) is 1.90. The number of nitrogens with zero attached hydrogens (tertiary/aromatic N) is 5. The molecule has 0 bridgehead atoms. The molecule has 0 saturated carbocycles. The molecule has 1 atom stereocenters.